The minimum Gasteiger partial charge on any atom is -0.383 e. The number of nitrogens with one attached hydrogen (secondary N) is 1. The molecule has 1 fully saturated rings. The summed E-state index contributed by atoms with van der Waals surface area (Å²) < 4.78 is 7.07. The Hall–Kier alpha value is -4.18. The fourth-order valence-corrected chi connectivity index (χ4v) is 5.92. The van der Waals surface area contributed by atoms with Crippen molar-refractivity contribution >= 4 is 10.9 Å². The lowest BCUT2D eigenvalue weighted by atomic mass is 9.96. The zero-order valence-electron chi connectivity index (χ0n) is 23.5. The van der Waals surface area contributed by atoms with E-state index in [9.17, 15) is 4.79 Å². The number of nitrogens with zero attached hydrogens (tertiary/aromatic N) is 6. The summed E-state index contributed by atoms with van der Waals surface area (Å²) >= 11 is 0. The largest absolute Gasteiger partial charge is 0.383 e. The van der Waals surface area contributed by atoms with Crippen LogP contribution in [-0.4, -0.2) is 74.9 Å². The van der Waals surface area contributed by atoms with Crippen molar-refractivity contribution < 1.29 is 4.74 Å². The van der Waals surface area contributed by atoms with Crippen molar-refractivity contribution in [3.63, 3.8) is 0 Å². The van der Waals surface area contributed by atoms with Crippen LogP contribution in [-0.2, 0) is 11.3 Å². The summed E-state index contributed by atoms with van der Waals surface area (Å²) in [5.41, 5.74) is 4.99. The minimum atomic E-state index is -0.398. The van der Waals surface area contributed by atoms with Gasteiger partial charge in [-0.3, -0.25) is 14.6 Å². The van der Waals surface area contributed by atoms with Crippen LogP contribution in [0.3, 0.4) is 0 Å². The molecule has 0 amide bonds. The summed E-state index contributed by atoms with van der Waals surface area (Å²) in [5.74, 6) is 0.648. The highest BCUT2D eigenvalue weighted by molar-refractivity contribution is 5.79. The Morgan fingerprint density at radius 1 is 0.854 bits per heavy atom. The zero-order chi connectivity index (χ0) is 28.2. The van der Waals surface area contributed by atoms with E-state index in [-0.39, 0.29) is 11.6 Å². The van der Waals surface area contributed by atoms with Gasteiger partial charge in [0.25, 0.3) is 5.56 Å². The van der Waals surface area contributed by atoms with E-state index in [1.807, 2.05) is 19.1 Å². The first kappa shape index (κ1) is 27.0. The molecule has 9 heteroatoms. The highest BCUT2D eigenvalue weighted by atomic mass is 16.5. The summed E-state index contributed by atoms with van der Waals surface area (Å²) in [7, 11) is 1.66. The van der Waals surface area contributed by atoms with E-state index in [4.69, 9.17) is 4.74 Å². The highest BCUT2D eigenvalue weighted by Crippen LogP contribution is 2.33. The monoisotopic (exact) mass is 549 g/mol. The molecule has 3 heterocycles. The smallest absolute Gasteiger partial charge is 0.253 e. The third-order valence-electron chi connectivity index (χ3n) is 7.95. The molecular weight excluding hydrogens is 514 g/mol. The van der Waals surface area contributed by atoms with Crippen LogP contribution in [0.15, 0.2) is 89.7 Å². The van der Waals surface area contributed by atoms with Crippen LogP contribution in [0.25, 0.3) is 10.9 Å². The average molecular weight is 550 g/mol. The fraction of sp³-hybridized carbons (Fsp3) is 0.312. The summed E-state index contributed by atoms with van der Waals surface area (Å²) in [5, 5.41) is 13.7. The Bertz CT molecular complexity index is 1600. The number of methoxy groups -OCH3 is 1. The molecule has 5 aromatic rings. The number of hydrogen-bond donors (Lipinski definition) is 1. The normalized spacial score (nSPS) is 15.5. The fourth-order valence-electron chi connectivity index (χ4n) is 5.92. The SMILES string of the molecule is COCCn1nnnc1C(c1cc2ccc(C)cc2[nH]c1=O)N1CCN(C(c2ccccc2)c2ccccc2)CC1. The third kappa shape index (κ3) is 5.69. The van der Waals surface area contributed by atoms with E-state index >= 15 is 0 Å². The maximum absolute atomic E-state index is 13.6. The van der Waals surface area contributed by atoms with Gasteiger partial charge in [-0.15, -0.1) is 5.10 Å². The molecule has 210 valence electrons. The molecule has 3 aromatic carbocycles. The molecule has 1 atom stereocenters. The van der Waals surface area contributed by atoms with Crippen LogP contribution in [0.5, 0.6) is 0 Å². The van der Waals surface area contributed by atoms with Crippen molar-refractivity contribution in [2.45, 2.75) is 25.6 Å². The van der Waals surface area contributed by atoms with Crippen molar-refractivity contribution in [3.8, 4) is 0 Å². The van der Waals surface area contributed by atoms with E-state index in [2.05, 4.69) is 103 Å². The molecule has 1 aliphatic rings. The Morgan fingerprint density at radius 3 is 2.12 bits per heavy atom. The van der Waals surface area contributed by atoms with Crippen LogP contribution in [0.4, 0.5) is 0 Å². The molecule has 9 nitrogen and oxygen atoms in total. The van der Waals surface area contributed by atoms with Gasteiger partial charge in [0.05, 0.1) is 19.2 Å². The van der Waals surface area contributed by atoms with Gasteiger partial charge in [0.2, 0.25) is 0 Å². The van der Waals surface area contributed by atoms with Gasteiger partial charge in [0, 0.05) is 44.4 Å². The van der Waals surface area contributed by atoms with Crippen LogP contribution in [0, 0.1) is 6.92 Å². The van der Waals surface area contributed by atoms with E-state index in [0.29, 0.717) is 24.5 Å². The van der Waals surface area contributed by atoms with E-state index in [1.54, 1.807) is 11.8 Å². The number of H-pyrrole nitrogens is 1. The maximum Gasteiger partial charge on any atom is 0.253 e. The molecule has 2 aromatic heterocycles. The van der Waals surface area contributed by atoms with Crippen molar-refractivity contribution in [2.75, 3.05) is 39.9 Å². The third-order valence-corrected chi connectivity index (χ3v) is 7.95. The molecule has 41 heavy (non-hydrogen) atoms. The molecular formula is C32H35N7O2. The molecule has 0 spiro atoms. The first-order valence-corrected chi connectivity index (χ1v) is 14.1. The topological polar surface area (TPSA) is 92.2 Å². The number of hydrogen-bond acceptors (Lipinski definition) is 7. The van der Waals surface area contributed by atoms with Crippen LogP contribution in [0.2, 0.25) is 0 Å². The van der Waals surface area contributed by atoms with Gasteiger partial charge in [0.1, 0.15) is 6.04 Å². The summed E-state index contributed by atoms with van der Waals surface area (Å²) in [4.78, 5) is 21.6. The lowest BCUT2D eigenvalue weighted by Crippen LogP contribution is -2.50. The van der Waals surface area contributed by atoms with Gasteiger partial charge >= 0.3 is 0 Å². The number of pyridine rings is 1. The first-order valence-electron chi connectivity index (χ1n) is 14.1. The molecule has 1 N–H and O–H groups in total. The van der Waals surface area contributed by atoms with Crippen molar-refractivity contribution in [1.29, 1.82) is 0 Å². The molecule has 0 saturated carbocycles. The summed E-state index contributed by atoms with van der Waals surface area (Å²) in [6.45, 7) is 6.17. The van der Waals surface area contributed by atoms with Gasteiger partial charge in [0.15, 0.2) is 5.82 Å². The van der Waals surface area contributed by atoms with E-state index in [1.165, 1.54) is 11.1 Å². The Labute approximate surface area is 239 Å². The molecule has 0 aliphatic carbocycles. The number of aromatic nitrogens is 5. The van der Waals surface area contributed by atoms with Crippen molar-refractivity contribution in [1.82, 2.24) is 35.0 Å². The van der Waals surface area contributed by atoms with Crippen LogP contribution in [0.1, 0.15) is 40.2 Å². The highest BCUT2D eigenvalue weighted by Gasteiger charge is 2.34. The Balaban J connectivity index is 1.35. The Morgan fingerprint density at radius 2 is 1.49 bits per heavy atom. The quantitative estimate of drug-likeness (QED) is 0.298. The van der Waals surface area contributed by atoms with Crippen molar-refractivity contribution in [3.05, 3.63) is 123 Å². The van der Waals surface area contributed by atoms with Gasteiger partial charge in [-0.25, -0.2) is 4.68 Å². The van der Waals surface area contributed by atoms with Crippen LogP contribution >= 0.6 is 0 Å². The molecule has 1 aliphatic heterocycles. The molecule has 1 unspecified atom stereocenters. The second-order valence-electron chi connectivity index (χ2n) is 10.6. The summed E-state index contributed by atoms with van der Waals surface area (Å²) in [6.07, 6.45) is 0. The van der Waals surface area contributed by atoms with E-state index in [0.717, 1.165) is 42.6 Å². The standard InChI is InChI=1S/C32H35N7O2/c1-23-13-14-26-22-27(32(40)33-28(26)21-23)30(31-34-35-36-39(31)19-20-41-2)38-17-15-37(16-18-38)29(24-9-5-3-6-10-24)25-11-7-4-8-12-25/h3-14,21-22,29-30H,15-20H2,1-2H3,(H,33,40). The van der Waals surface area contributed by atoms with E-state index < -0.39 is 6.04 Å². The second-order valence-corrected chi connectivity index (χ2v) is 10.6. The van der Waals surface area contributed by atoms with Gasteiger partial charge in [-0.05, 0) is 51.6 Å². The van der Waals surface area contributed by atoms with Gasteiger partial charge in [-0.1, -0.05) is 72.8 Å². The predicted octanol–water partition coefficient (Wildman–Crippen LogP) is 3.97. The number of rotatable bonds is 9. The molecule has 0 bridgehead atoms. The van der Waals surface area contributed by atoms with Gasteiger partial charge < -0.3 is 9.72 Å². The summed E-state index contributed by atoms with van der Waals surface area (Å²) in [6, 6.07) is 29.2. The number of ether oxygens (including phenoxy) is 1. The Kier molecular flexibility index (Phi) is 8.00. The van der Waals surface area contributed by atoms with Crippen molar-refractivity contribution in [2.24, 2.45) is 0 Å². The molecule has 1 saturated heterocycles. The number of aryl methyl sites for hydroxylation is 1. The van der Waals surface area contributed by atoms with Crippen LogP contribution < -0.4 is 5.56 Å². The second kappa shape index (κ2) is 12.1. The lowest BCUT2D eigenvalue weighted by Gasteiger charge is -2.42. The molecule has 0 radical (unpaired) electrons. The number of aromatic amines is 1. The predicted molar refractivity (Wildman–Crippen MR) is 159 cm³/mol. The number of fused-ring (bicyclic) bond motifs is 1. The number of tetrazole rings is 1. The first-order chi connectivity index (χ1) is 20.1. The maximum atomic E-state index is 13.6. The van der Waals surface area contributed by atoms with Gasteiger partial charge in [-0.2, -0.15) is 0 Å². The lowest BCUT2D eigenvalue weighted by molar-refractivity contribution is 0.0848. The zero-order valence-corrected chi connectivity index (χ0v) is 23.5. The number of piperazine rings is 1. The average Bonchev–Trinajstić information content (AvgIpc) is 3.46. The number of benzene rings is 3. The minimum absolute atomic E-state index is 0.122. The molecule has 6 rings (SSSR count).